The van der Waals surface area contributed by atoms with Crippen molar-refractivity contribution in [1.82, 2.24) is 9.80 Å². The van der Waals surface area contributed by atoms with E-state index < -0.39 is 0 Å². The van der Waals surface area contributed by atoms with Gasteiger partial charge in [0.25, 0.3) is 5.24 Å². The Labute approximate surface area is 153 Å². The van der Waals surface area contributed by atoms with Crippen LogP contribution in [0.15, 0.2) is 18.2 Å². The van der Waals surface area contributed by atoms with Gasteiger partial charge in [0.05, 0.1) is 15.8 Å². The van der Waals surface area contributed by atoms with E-state index >= 15 is 0 Å². The Balaban J connectivity index is 1.56. The Morgan fingerprint density at radius 3 is 2.46 bits per heavy atom. The summed E-state index contributed by atoms with van der Waals surface area (Å²) in [5, 5.41) is 3.39. The molecule has 0 atom stereocenters. The van der Waals surface area contributed by atoms with E-state index in [0.717, 1.165) is 11.8 Å². The number of imide groups is 1. The molecule has 0 aliphatic carbocycles. The lowest BCUT2D eigenvalue weighted by Crippen LogP contribution is -2.49. The minimum atomic E-state index is -0.236. The molecule has 1 aromatic carbocycles. The average Bonchev–Trinajstić information content (AvgIpc) is 2.90. The second-order valence-electron chi connectivity index (χ2n) is 5.60. The molecule has 2 aliphatic heterocycles. The van der Waals surface area contributed by atoms with Crippen LogP contribution in [0.1, 0.15) is 12.8 Å². The van der Waals surface area contributed by atoms with Crippen molar-refractivity contribution in [3.05, 3.63) is 28.2 Å². The fourth-order valence-corrected chi connectivity index (χ4v) is 3.89. The standard InChI is InChI=1S/C15H15Cl2N3O3S/c16-11-2-1-9(7-12(11)17)18-14(22)19-5-3-10(4-6-19)20-13(21)8-24-15(20)23/h1-2,7,10H,3-6,8H2,(H,18,22). The van der Waals surface area contributed by atoms with E-state index in [2.05, 4.69) is 5.32 Å². The molecule has 24 heavy (non-hydrogen) atoms. The van der Waals surface area contributed by atoms with E-state index in [1.807, 2.05) is 0 Å². The van der Waals surface area contributed by atoms with Gasteiger partial charge in [-0.05, 0) is 31.0 Å². The van der Waals surface area contributed by atoms with Gasteiger partial charge in [-0.15, -0.1) is 0 Å². The molecule has 0 saturated carbocycles. The molecule has 0 spiro atoms. The van der Waals surface area contributed by atoms with Crippen molar-refractivity contribution >= 4 is 57.8 Å². The first-order chi connectivity index (χ1) is 11.5. The van der Waals surface area contributed by atoms with E-state index in [0.29, 0.717) is 41.7 Å². The van der Waals surface area contributed by atoms with E-state index in [9.17, 15) is 14.4 Å². The zero-order chi connectivity index (χ0) is 17.3. The molecule has 2 saturated heterocycles. The molecule has 2 heterocycles. The van der Waals surface area contributed by atoms with Crippen LogP contribution in [0.5, 0.6) is 0 Å². The topological polar surface area (TPSA) is 69.7 Å². The maximum absolute atomic E-state index is 12.3. The molecule has 2 aliphatic rings. The van der Waals surface area contributed by atoms with Crippen LogP contribution in [-0.2, 0) is 4.79 Å². The molecule has 3 rings (SSSR count). The number of nitrogens with zero attached hydrogens (tertiary/aromatic N) is 2. The van der Waals surface area contributed by atoms with Gasteiger partial charge in [0.15, 0.2) is 0 Å². The third kappa shape index (κ3) is 3.63. The molecule has 4 amide bonds. The van der Waals surface area contributed by atoms with E-state index in [1.54, 1.807) is 23.1 Å². The summed E-state index contributed by atoms with van der Waals surface area (Å²) in [5.41, 5.74) is 0.567. The highest BCUT2D eigenvalue weighted by atomic mass is 35.5. The first kappa shape index (κ1) is 17.4. The number of hydrogen-bond donors (Lipinski definition) is 1. The van der Waals surface area contributed by atoms with E-state index in [-0.39, 0.29) is 29.0 Å². The number of likely N-dealkylation sites (tertiary alicyclic amines) is 1. The lowest BCUT2D eigenvalue weighted by Gasteiger charge is -2.35. The maximum atomic E-state index is 12.3. The highest BCUT2D eigenvalue weighted by Crippen LogP contribution is 2.28. The first-order valence-electron chi connectivity index (χ1n) is 7.45. The molecule has 1 N–H and O–H groups in total. The summed E-state index contributed by atoms with van der Waals surface area (Å²) in [5.74, 6) is 0.0837. The van der Waals surface area contributed by atoms with Crippen molar-refractivity contribution in [2.24, 2.45) is 0 Å². The van der Waals surface area contributed by atoms with Gasteiger partial charge in [-0.2, -0.15) is 0 Å². The number of thioether (sulfide) groups is 1. The Kier molecular flexibility index (Phi) is 5.22. The highest BCUT2D eigenvalue weighted by Gasteiger charge is 2.37. The summed E-state index contributed by atoms with van der Waals surface area (Å²) < 4.78 is 0. The minimum absolute atomic E-state index is 0.117. The molecular weight excluding hydrogens is 373 g/mol. The maximum Gasteiger partial charge on any atom is 0.321 e. The Morgan fingerprint density at radius 1 is 1.17 bits per heavy atom. The largest absolute Gasteiger partial charge is 0.324 e. The van der Waals surface area contributed by atoms with Crippen LogP contribution in [0.4, 0.5) is 15.3 Å². The lowest BCUT2D eigenvalue weighted by molar-refractivity contribution is -0.126. The molecule has 1 aromatic rings. The van der Waals surface area contributed by atoms with Crippen LogP contribution in [0, 0.1) is 0 Å². The molecule has 0 aromatic heterocycles. The number of amides is 4. The lowest BCUT2D eigenvalue weighted by atomic mass is 10.0. The third-order valence-electron chi connectivity index (χ3n) is 4.07. The molecule has 6 nitrogen and oxygen atoms in total. The van der Waals surface area contributed by atoms with Crippen LogP contribution >= 0.6 is 35.0 Å². The molecule has 0 unspecified atom stereocenters. The van der Waals surface area contributed by atoms with Crippen molar-refractivity contribution in [2.45, 2.75) is 18.9 Å². The van der Waals surface area contributed by atoms with E-state index in [4.69, 9.17) is 23.2 Å². The van der Waals surface area contributed by atoms with Crippen molar-refractivity contribution in [2.75, 3.05) is 24.2 Å². The number of piperidine rings is 1. The predicted molar refractivity (Wildman–Crippen MR) is 94.8 cm³/mol. The van der Waals surface area contributed by atoms with E-state index in [1.165, 1.54) is 4.90 Å². The van der Waals surface area contributed by atoms with Gasteiger partial charge in [0.1, 0.15) is 0 Å². The van der Waals surface area contributed by atoms with Crippen LogP contribution < -0.4 is 5.32 Å². The molecular formula is C15H15Cl2N3O3S. The Bertz CT molecular complexity index is 677. The van der Waals surface area contributed by atoms with Gasteiger partial charge in [-0.25, -0.2) is 4.79 Å². The summed E-state index contributed by atoms with van der Waals surface area (Å²) in [6.07, 6.45) is 1.18. The van der Waals surface area contributed by atoms with Crippen LogP contribution in [0.2, 0.25) is 10.0 Å². The Morgan fingerprint density at radius 2 is 1.88 bits per heavy atom. The summed E-state index contributed by atoms with van der Waals surface area (Å²) >= 11 is 12.8. The quantitative estimate of drug-likeness (QED) is 0.839. The second-order valence-corrected chi connectivity index (χ2v) is 7.34. The van der Waals surface area contributed by atoms with Gasteiger partial charge in [-0.1, -0.05) is 35.0 Å². The number of halogens is 2. The summed E-state index contributed by atoms with van der Waals surface area (Å²) in [7, 11) is 0. The zero-order valence-corrected chi connectivity index (χ0v) is 15.0. The van der Waals surface area contributed by atoms with Crippen LogP contribution in [0.25, 0.3) is 0 Å². The number of rotatable bonds is 2. The van der Waals surface area contributed by atoms with Crippen molar-refractivity contribution < 1.29 is 14.4 Å². The fraction of sp³-hybridized carbons (Fsp3) is 0.400. The number of hydrogen-bond acceptors (Lipinski definition) is 4. The molecule has 0 radical (unpaired) electrons. The van der Waals surface area contributed by atoms with Crippen molar-refractivity contribution in [1.29, 1.82) is 0 Å². The number of benzene rings is 1. The molecule has 9 heteroatoms. The van der Waals surface area contributed by atoms with Gasteiger partial charge in [-0.3, -0.25) is 14.5 Å². The molecule has 0 bridgehead atoms. The monoisotopic (exact) mass is 387 g/mol. The van der Waals surface area contributed by atoms with Gasteiger partial charge >= 0.3 is 6.03 Å². The Hall–Kier alpha value is -1.44. The van der Waals surface area contributed by atoms with Crippen LogP contribution in [0.3, 0.4) is 0 Å². The number of carbonyl (C=O) groups excluding carboxylic acids is 3. The van der Waals surface area contributed by atoms with Crippen molar-refractivity contribution in [3.8, 4) is 0 Å². The highest BCUT2D eigenvalue weighted by molar-refractivity contribution is 8.14. The molecule has 128 valence electrons. The predicted octanol–water partition coefficient (Wildman–Crippen LogP) is 3.69. The second kappa shape index (κ2) is 7.21. The van der Waals surface area contributed by atoms with Gasteiger partial charge < -0.3 is 10.2 Å². The molecule has 2 fully saturated rings. The van der Waals surface area contributed by atoms with Crippen LogP contribution in [-0.4, -0.2) is 51.9 Å². The SMILES string of the molecule is O=C(Nc1ccc(Cl)c(Cl)c1)N1CCC(N2C(=O)CSC2=O)CC1. The summed E-state index contributed by atoms with van der Waals surface area (Å²) in [6, 6.07) is 4.54. The number of urea groups is 1. The summed E-state index contributed by atoms with van der Waals surface area (Å²) in [6.45, 7) is 0.971. The number of anilines is 1. The number of carbonyl (C=O) groups is 3. The average molecular weight is 388 g/mol. The zero-order valence-electron chi connectivity index (χ0n) is 12.6. The van der Waals surface area contributed by atoms with Crippen molar-refractivity contribution in [3.63, 3.8) is 0 Å². The first-order valence-corrected chi connectivity index (χ1v) is 9.19. The normalized spacial score (nSPS) is 19.1. The fourth-order valence-electron chi connectivity index (χ4n) is 2.82. The smallest absolute Gasteiger partial charge is 0.321 e. The minimum Gasteiger partial charge on any atom is -0.324 e. The number of nitrogens with one attached hydrogen (secondary N) is 1. The van der Waals surface area contributed by atoms with Gasteiger partial charge in [0, 0.05) is 24.8 Å². The third-order valence-corrected chi connectivity index (χ3v) is 5.65. The van der Waals surface area contributed by atoms with Gasteiger partial charge in [0.2, 0.25) is 5.91 Å². The summed E-state index contributed by atoms with van der Waals surface area (Å²) in [4.78, 5) is 38.8.